The molecular formula is C19H22ClN5OS. The van der Waals surface area contributed by atoms with Crippen molar-refractivity contribution in [3.05, 3.63) is 46.1 Å². The van der Waals surface area contributed by atoms with Gasteiger partial charge in [0.15, 0.2) is 0 Å². The summed E-state index contributed by atoms with van der Waals surface area (Å²) in [6.45, 7) is 3.92. The molecule has 1 aliphatic heterocycles. The van der Waals surface area contributed by atoms with Crippen LogP contribution >= 0.6 is 24.2 Å². The number of nitrogens with zero attached hydrogens (tertiary/aromatic N) is 4. The van der Waals surface area contributed by atoms with Crippen molar-refractivity contribution in [1.29, 1.82) is 0 Å². The number of nitrogens with two attached hydrogens (primary N) is 1. The van der Waals surface area contributed by atoms with Gasteiger partial charge in [0.2, 0.25) is 0 Å². The Bertz CT molecular complexity index is 873. The molecular weight excluding hydrogens is 382 g/mol. The van der Waals surface area contributed by atoms with Crippen molar-refractivity contribution in [1.82, 2.24) is 14.9 Å². The molecule has 0 unspecified atom stereocenters. The summed E-state index contributed by atoms with van der Waals surface area (Å²) < 4.78 is 0. The molecule has 27 heavy (non-hydrogen) atoms. The van der Waals surface area contributed by atoms with Gasteiger partial charge >= 0.3 is 0 Å². The minimum Gasteiger partial charge on any atom is -0.365 e. The summed E-state index contributed by atoms with van der Waals surface area (Å²) in [6.07, 6.45) is 6.16. The maximum absolute atomic E-state index is 11.2. The van der Waals surface area contributed by atoms with Crippen LogP contribution in [-0.4, -0.2) is 54.0 Å². The zero-order valence-corrected chi connectivity index (χ0v) is 16.7. The van der Waals surface area contributed by atoms with Gasteiger partial charge in [0.1, 0.15) is 5.82 Å². The molecule has 8 heteroatoms. The van der Waals surface area contributed by atoms with Crippen LogP contribution in [0.3, 0.4) is 0 Å². The Morgan fingerprint density at radius 1 is 1.26 bits per heavy atom. The number of anilines is 1. The van der Waals surface area contributed by atoms with E-state index in [9.17, 15) is 4.79 Å². The van der Waals surface area contributed by atoms with Gasteiger partial charge in [-0.15, -0.1) is 12.6 Å². The monoisotopic (exact) mass is 403 g/mol. The lowest BCUT2D eigenvalue weighted by Gasteiger charge is -2.21. The second-order valence-corrected chi connectivity index (χ2v) is 7.43. The first kappa shape index (κ1) is 19.7. The van der Waals surface area contributed by atoms with E-state index in [1.165, 1.54) is 0 Å². The Kier molecular flexibility index (Phi) is 6.36. The number of primary amides is 1. The third-order valence-corrected chi connectivity index (χ3v) is 5.17. The number of rotatable bonds is 4. The van der Waals surface area contributed by atoms with Crippen LogP contribution in [0.5, 0.6) is 0 Å². The Labute approximate surface area is 169 Å². The van der Waals surface area contributed by atoms with Crippen molar-refractivity contribution >= 4 is 42.0 Å². The highest BCUT2D eigenvalue weighted by Crippen LogP contribution is 2.29. The molecule has 0 bridgehead atoms. The van der Waals surface area contributed by atoms with E-state index in [4.69, 9.17) is 22.3 Å². The number of hydrogen-bond acceptors (Lipinski definition) is 6. The fourth-order valence-electron chi connectivity index (χ4n) is 2.97. The van der Waals surface area contributed by atoms with Gasteiger partial charge in [-0.3, -0.25) is 9.78 Å². The van der Waals surface area contributed by atoms with Gasteiger partial charge in [-0.05, 0) is 43.8 Å². The standard InChI is InChI=1S/C19H22ClN5OS/c1-24-5-2-6-25(8-7-24)18-12-22-11-16(23-18)14-9-13(3-4-15(14)20)10-17(27)19(21)26/h3-4,9-12,27H,2,5-8H2,1H3,(H2,21,26)/b17-10-. The van der Waals surface area contributed by atoms with Gasteiger partial charge in [-0.25, -0.2) is 4.98 Å². The number of aromatic nitrogens is 2. The van der Waals surface area contributed by atoms with Crippen LogP contribution in [0, 0.1) is 0 Å². The summed E-state index contributed by atoms with van der Waals surface area (Å²) in [5.74, 6) is 0.259. The van der Waals surface area contributed by atoms with E-state index in [1.807, 2.05) is 6.07 Å². The number of amides is 1. The van der Waals surface area contributed by atoms with Crippen molar-refractivity contribution in [2.45, 2.75) is 6.42 Å². The summed E-state index contributed by atoms with van der Waals surface area (Å²) in [4.78, 5) is 25.1. The Balaban J connectivity index is 1.92. The van der Waals surface area contributed by atoms with Crippen molar-refractivity contribution in [2.24, 2.45) is 5.73 Å². The topological polar surface area (TPSA) is 75.3 Å². The van der Waals surface area contributed by atoms with E-state index in [0.717, 1.165) is 49.5 Å². The van der Waals surface area contributed by atoms with E-state index in [0.29, 0.717) is 10.7 Å². The summed E-state index contributed by atoms with van der Waals surface area (Å²) in [5.41, 5.74) is 7.45. The first-order chi connectivity index (χ1) is 12.9. The number of hydrogen-bond donors (Lipinski definition) is 2. The first-order valence-corrected chi connectivity index (χ1v) is 9.52. The molecule has 0 spiro atoms. The number of thiol groups is 1. The molecule has 142 valence electrons. The average molecular weight is 404 g/mol. The van der Waals surface area contributed by atoms with Crippen LogP contribution in [0.4, 0.5) is 5.82 Å². The van der Waals surface area contributed by atoms with Gasteiger partial charge < -0.3 is 15.5 Å². The number of likely N-dealkylation sites (N-methyl/N-ethyl adjacent to an activating group) is 1. The second kappa shape index (κ2) is 8.73. The normalized spacial score (nSPS) is 16.3. The van der Waals surface area contributed by atoms with Crippen LogP contribution in [0.2, 0.25) is 5.02 Å². The molecule has 1 fully saturated rings. The van der Waals surface area contributed by atoms with Crippen LogP contribution in [0.25, 0.3) is 17.3 Å². The molecule has 1 amide bonds. The molecule has 3 rings (SSSR count). The maximum Gasteiger partial charge on any atom is 0.254 e. The van der Waals surface area contributed by atoms with Crippen molar-refractivity contribution in [2.75, 3.05) is 38.1 Å². The summed E-state index contributed by atoms with van der Waals surface area (Å²) in [5, 5.41) is 0.564. The zero-order chi connectivity index (χ0) is 19.4. The van der Waals surface area contributed by atoms with E-state index >= 15 is 0 Å². The Morgan fingerprint density at radius 3 is 2.85 bits per heavy atom. The lowest BCUT2D eigenvalue weighted by atomic mass is 10.1. The minimum atomic E-state index is -0.581. The lowest BCUT2D eigenvalue weighted by molar-refractivity contribution is -0.113. The number of benzene rings is 1. The van der Waals surface area contributed by atoms with E-state index in [2.05, 4.69) is 34.5 Å². The lowest BCUT2D eigenvalue weighted by Crippen LogP contribution is -2.29. The van der Waals surface area contributed by atoms with E-state index in [-0.39, 0.29) is 4.91 Å². The summed E-state index contributed by atoms with van der Waals surface area (Å²) in [6, 6.07) is 5.42. The molecule has 0 saturated carbocycles. The minimum absolute atomic E-state index is 0.178. The molecule has 2 heterocycles. The molecule has 0 radical (unpaired) electrons. The molecule has 2 N–H and O–H groups in total. The SMILES string of the molecule is CN1CCCN(c2cncc(-c3cc(/C=C(\S)C(N)=O)ccc3Cl)n2)CC1. The molecule has 1 aliphatic rings. The number of carbonyl (C=O) groups excluding carboxylic acids is 1. The van der Waals surface area contributed by atoms with Crippen molar-refractivity contribution < 1.29 is 4.79 Å². The highest BCUT2D eigenvalue weighted by molar-refractivity contribution is 7.85. The summed E-state index contributed by atoms with van der Waals surface area (Å²) >= 11 is 10.5. The van der Waals surface area contributed by atoms with E-state index < -0.39 is 5.91 Å². The van der Waals surface area contributed by atoms with Crippen LogP contribution in [0.15, 0.2) is 35.5 Å². The average Bonchev–Trinajstić information content (AvgIpc) is 2.88. The molecule has 1 saturated heterocycles. The first-order valence-electron chi connectivity index (χ1n) is 8.70. The second-order valence-electron chi connectivity index (χ2n) is 6.54. The molecule has 2 aromatic rings. The zero-order valence-electron chi connectivity index (χ0n) is 15.1. The van der Waals surface area contributed by atoms with Gasteiger partial charge in [0, 0.05) is 25.2 Å². The largest absolute Gasteiger partial charge is 0.365 e. The quantitative estimate of drug-likeness (QED) is 0.606. The van der Waals surface area contributed by atoms with Gasteiger partial charge in [0.25, 0.3) is 5.91 Å². The fraction of sp³-hybridized carbons (Fsp3) is 0.316. The molecule has 1 aromatic heterocycles. The van der Waals surface area contributed by atoms with Crippen molar-refractivity contribution in [3.8, 4) is 11.3 Å². The van der Waals surface area contributed by atoms with Crippen LogP contribution in [-0.2, 0) is 4.79 Å². The molecule has 0 aliphatic carbocycles. The number of halogens is 1. The van der Waals surface area contributed by atoms with Gasteiger partial charge in [0.05, 0.1) is 28.0 Å². The van der Waals surface area contributed by atoms with Crippen LogP contribution in [0.1, 0.15) is 12.0 Å². The van der Waals surface area contributed by atoms with Crippen molar-refractivity contribution in [3.63, 3.8) is 0 Å². The Hall–Kier alpha value is -2.09. The third kappa shape index (κ3) is 5.00. The molecule has 1 aromatic carbocycles. The fourth-order valence-corrected chi connectivity index (χ4v) is 3.33. The smallest absolute Gasteiger partial charge is 0.254 e. The Morgan fingerprint density at radius 2 is 2.07 bits per heavy atom. The molecule has 6 nitrogen and oxygen atoms in total. The predicted octanol–water partition coefficient (Wildman–Crippen LogP) is 2.69. The highest BCUT2D eigenvalue weighted by atomic mass is 35.5. The maximum atomic E-state index is 11.2. The summed E-state index contributed by atoms with van der Waals surface area (Å²) in [7, 11) is 2.13. The van der Waals surface area contributed by atoms with E-state index in [1.54, 1.807) is 30.6 Å². The van der Waals surface area contributed by atoms with Gasteiger partial charge in [-0.1, -0.05) is 17.7 Å². The molecule has 0 atom stereocenters. The third-order valence-electron chi connectivity index (χ3n) is 4.49. The van der Waals surface area contributed by atoms with Crippen LogP contribution < -0.4 is 10.6 Å². The predicted molar refractivity (Wildman–Crippen MR) is 113 cm³/mol. The number of carbonyl (C=O) groups is 1. The van der Waals surface area contributed by atoms with Gasteiger partial charge in [-0.2, -0.15) is 0 Å². The highest BCUT2D eigenvalue weighted by Gasteiger charge is 2.15.